The molecule has 0 aromatic heterocycles. The Balaban J connectivity index is 2.38. The molecule has 0 aliphatic rings. The lowest BCUT2D eigenvalue weighted by Gasteiger charge is -2.03. The lowest BCUT2D eigenvalue weighted by Crippen LogP contribution is -1.87. The minimum Gasteiger partial charge on any atom is -0.504 e. The molecule has 1 aromatic rings. The fourth-order valence-electron chi connectivity index (χ4n) is 2.10. The average Bonchev–Trinajstić information content (AvgIpc) is 2.53. The second kappa shape index (κ2) is 10.7. The molecular formula is C19H26O3. The number of ether oxygens (including phenoxy) is 1. The van der Waals surface area contributed by atoms with E-state index in [4.69, 9.17) is 4.74 Å². The van der Waals surface area contributed by atoms with E-state index in [0.717, 1.165) is 18.4 Å². The van der Waals surface area contributed by atoms with E-state index < -0.39 is 0 Å². The fraction of sp³-hybridized carbons (Fsp3) is 0.421. The van der Waals surface area contributed by atoms with Crippen molar-refractivity contribution in [2.75, 3.05) is 7.11 Å². The highest BCUT2D eigenvalue weighted by Gasteiger charge is 2.00. The van der Waals surface area contributed by atoms with Crippen molar-refractivity contribution in [2.45, 2.75) is 45.4 Å². The van der Waals surface area contributed by atoms with Crippen molar-refractivity contribution in [2.24, 2.45) is 0 Å². The molecular weight excluding hydrogens is 276 g/mol. The highest BCUT2D eigenvalue weighted by Crippen LogP contribution is 2.26. The van der Waals surface area contributed by atoms with Crippen LogP contribution in [0.5, 0.6) is 11.5 Å². The van der Waals surface area contributed by atoms with Gasteiger partial charge in [-0.05, 0) is 42.7 Å². The molecule has 3 nitrogen and oxygen atoms in total. The molecule has 0 aliphatic carbocycles. The summed E-state index contributed by atoms with van der Waals surface area (Å²) in [5, 5.41) is 9.51. The van der Waals surface area contributed by atoms with Gasteiger partial charge in [0.05, 0.1) is 7.11 Å². The van der Waals surface area contributed by atoms with Crippen LogP contribution < -0.4 is 4.74 Å². The van der Waals surface area contributed by atoms with Crippen LogP contribution in [0.4, 0.5) is 0 Å². The van der Waals surface area contributed by atoms with Gasteiger partial charge in [-0.2, -0.15) is 0 Å². The van der Waals surface area contributed by atoms with E-state index in [0.29, 0.717) is 5.75 Å². The topological polar surface area (TPSA) is 46.5 Å². The Morgan fingerprint density at radius 3 is 2.68 bits per heavy atom. The van der Waals surface area contributed by atoms with Gasteiger partial charge in [-0.15, -0.1) is 0 Å². The van der Waals surface area contributed by atoms with E-state index in [1.165, 1.54) is 38.9 Å². The lowest BCUT2D eigenvalue weighted by atomic mass is 10.1. The van der Waals surface area contributed by atoms with Crippen molar-refractivity contribution < 1.29 is 14.6 Å². The number of carbonyl (C=O) groups excluding carboxylic acids is 1. The first-order valence-corrected chi connectivity index (χ1v) is 7.93. The number of ketones is 1. The zero-order valence-corrected chi connectivity index (χ0v) is 13.5. The smallest absolute Gasteiger partial charge is 0.178 e. The number of rotatable bonds is 10. The highest BCUT2D eigenvalue weighted by molar-refractivity contribution is 6.01. The largest absolute Gasteiger partial charge is 0.504 e. The number of methoxy groups -OCH3 is 1. The predicted molar refractivity (Wildman–Crippen MR) is 91.2 cm³/mol. The van der Waals surface area contributed by atoms with Crippen molar-refractivity contribution in [1.82, 2.24) is 0 Å². The second-order valence-electron chi connectivity index (χ2n) is 5.27. The predicted octanol–water partition coefficient (Wildman–Crippen LogP) is 4.90. The average molecular weight is 302 g/mol. The molecule has 3 heteroatoms. The number of unbranched alkanes of at least 4 members (excludes halogenated alkanes) is 5. The van der Waals surface area contributed by atoms with E-state index in [1.807, 2.05) is 6.08 Å². The van der Waals surface area contributed by atoms with E-state index in [-0.39, 0.29) is 11.5 Å². The number of benzene rings is 1. The van der Waals surface area contributed by atoms with Crippen LogP contribution in [-0.2, 0) is 4.79 Å². The second-order valence-corrected chi connectivity index (χ2v) is 5.27. The number of phenols is 1. The number of phenolic OH excluding ortho intramolecular Hbond substituents is 1. The van der Waals surface area contributed by atoms with Crippen molar-refractivity contribution in [1.29, 1.82) is 0 Å². The van der Waals surface area contributed by atoms with Gasteiger partial charge in [0.25, 0.3) is 0 Å². The van der Waals surface area contributed by atoms with Crippen LogP contribution in [0.1, 0.15) is 51.0 Å². The molecule has 22 heavy (non-hydrogen) atoms. The van der Waals surface area contributed by atoms with Crippen LogP contribution in [-0.4, -0.2) is 18.0 Å². The van der Waals surface area contributed by atoms with Gasteiger partial charge in [-0.25, -0.2) is 0 Å². The molecule has 1 rings (SSSR count). The Hall–Kier alpha value is -2.03. The van der Waals surface area contributed by atoms with Gasteiger partial charge in [0.2, 0.25) is 0 Å². The van der Waals surface area contributed by atoms with Gasteiger partial charge in [0.1, 0.15) is 0 Å². The van der Waals surface area contributed by atoms with E-state index in [9.17, 15) is 9.90 Å². The van der Waals surface area contributed by atoms with Crippen LogP contribution in [0.15, 0.2) is 36.4 Å². The van der Waals surface area contributed by atoms with Crippen LogP contribution in [0.2, 0.25) is 0 Å². The van der Waals surface area contributed by atoms with Gasteiger partial charge in [0.15, 0.2) is 17.3 Å². The summed E-state index contributed by atoms with van der Waals surface area (Å²) in [6.45, 7) is 2.20. The fourth-order valence-corrected chi connectivity index (χ4v) is 2.10. The van der Waals surface area contributed by atoms with Crippen LogP contribution in [0.3, 0.4) is 0 Å². The first-order chi connectivity index (χ1) is 10.7. The molecule has 0 unspecified atom stereocenters. The zero-order chi connectivity index (χ0) is 16.2. The van der Waals surface area contributed by atoms with E-state index in [2.05, 4.69) is 6.92 Å². The Morgan fingerprint density at radius 1 is 1.18 bits per heavy atom. The maximum absolute atomic E-state index is 11.7. The summed E-state index contributed by atoms with van der Waals surface area (Å²) in [6.07, 6.45) is 14.0. The standard InChI is InChI=1S/C19H26O3/c1-3-4-5-6-7-8-9-10-17(20)13-11-16-12-14-18(21)19(15-16)22-2/h9-15,21H,3-8H2,1-2H3/b10-9+,13-11+. The van der Waals surface area contributed by atoms with E-state index in [1.54, 1.807) is 30.4 Å². The molecule has 0 saturated carbocycles. The first-order valence-electron chi connectivity index (χ1n) is 7.93. The SMILES string of the molecule is CCCCCCC/C=C/C(=O)/C=C/c1ccc(O)c(OC)c1. The molecule has 0 aliphatic heterocycles. The Morgan fingerprint density at radius 2 is 1.95 bits per heavy atom. The molecule has 0 saturated heterocycles. The van der Waals surface area contributed by atoms with Crippen LogP contribution in [0.25, 0.3) is 6.08 Å². The molecule has 0 amide bonds. The van der Waals surface area contributed by atoms with Crippen molar-refractivity contribution in [3.05, 3.63) is 42.0 Å². The van der Waals surface area contributed by atoms with Crippen molar-refractivity contribution in [3.8, 4) is 11.5 Å². The Labute approximate surface area is 133 Å². The molecule has 0 radical (unpaired) electrons. The molecule has 1 aromatic carbocycles. The Bertz CT molecular complexity index is 515. The Kier molecular flexibility index (Phi) is 8.73. The number of hydrogen-bond donors (Lipinski definition) is 1. The first kappa shape index (κ1) is 18.0. The van der Waals surface area contributed by atoms with Gasteiger partial charge >= 0.3 is 0 Å². The third-order valence-corrected chi connectivity index (χ3v) is 3.40. The monoisotopic (exact) mass is 302 g/mol. The summed E-state index contributed by atoms with van der Waals surface area (Å²) < 4.78 is 5.03. The number of carbonyl (C=O) groups is 1. The minimum absolute atomic E-state index is 0.0272. The number of hydrogen-bond acceptors (Lipinski definition) is 3. The summed E-state index contributed by atoms with van der Waals surface area (Å²) >= 11 is 0. The quantitative estimate of drug-likeness (QED) is 0.494. The van der Waals surface area contributed by atoms with Crippen molar-refractivity contribution in [3.63, 3.8) is 0 Å². The summed E-state index contributed by atoms with van der Waals surface area (Å²) in [5.74, 6) is 0.465. The third-order valence-electron chi connectivity index (χ3n) is 3.40. The van der Waals surface area contributed by atoms with Crippen molar-refractivity contribution >= 4 is 11.9 Å². The third kappa shape index (κ3) is 7.11. The number of aromatic hydroxyl groups is 1. The highest BCUT2D eigenvalue weighted by atomic mass is 16.5. The molecule has 0 bridgehead atoms. The van der Waals surface area contributed by atoms with Gasteiger partial charge in [-0.3, -0.25) is 4.79 Å². The van der Waals surface area contributed by atoms with Crippen LogP contribution in [0, 0.1) is 0 Å². The molecule has 1 N–H and O–H groups in total. The molecule has 120 valence electrons. The lowest BCUT2D eigenvalue weighted by molar-refractivity contribution is -0.110. The van der Waals surface area contributed by atoms with Crippen LogP contribution >= 0.6 is 0 Å². The summed E-state index contributed by atoms with van der Waals surface area (Å²) in [4.78, 5) is 11.7. The van der Waals surface area contributed by atoms with E-state index >= 15 is 0 Å². The van der Waals surface area contributed by atoms with Gasteiger partial charge in [-0.1, -0.05) is 50.8 Å². The number of allylic oxidation sites excluding steroid dienone is 3. The van der Waals surface area contributed by atoms with Gasteiger partial charge in [0, 0.05) is 0 Å². The summed E-state index contributed by atoms with van der Waals surface area (Å²) in [6, 6.07) is 4.98. The maximum atomic E-state index is 11.7. The molecule has 0 spiro atoms. The summed E-state index contributed by atoms with van der Waals surface area (Å²) in [5.41, 5.74) is 0.816. The maximum Gasteiger partial charge on any atom is 0.178 e. The normalized spacial score (nSPS) is 11.4. The summed E-state index contributed by atoms with van der Waals surface area (Å²) in [7, 11) is 1.50. The molecule has 0 atom stereocenters. The minimum atomic E-state index is -0.0272. The molecule has 0 fully saturated rings. The zero-order valence-electron chi connectivity index (χ0n) is 13.5. The van der Waals surface area contributed by atoms with Gasteiger partial charge < -0.3 is 9.84 Å². The molecule has 0 heterocycles.